The minimum absolute atomic E-state index is 0.0384. The molecule has 6 amide bonds. The van der Waals surface area contributed by atoms with Crippen molar-refractivity contribution in [1.82, 2.24) is 49.4 Å². The van der Waals surface area contributed by atoms with Crippen molar-refractivity contribution in [3.05, 3.63) is 0 Å². The topological polar surface area (TPSA) is 366 Å². The minimum atomic E-state index is -0.581. The molecule has 634 valence electrons. The second kappa shape index (κ2) is 49.1. The Labute approximate surface area is 654 Å². The van der Waals surface area contributed by atoms with Gasteiger partial charge in [0.05, 0.1) is 55.9 Å². The highest BCUT2D eigenvalue weighted by atomic mass is 16.6. The van der Waals surface area contributed by atoms with Gasteiger partial charge in [-0.3, -0.25) is 33.8 Å². The second-order valence-electron chi connectivity index (χ2n) is 31.7. The number of nitrogens with zero attached hydrogens (tertiary/aromatic N) is 9. The summed E-state index contributed by atoms with van der Waals surface area (Å²) in [6.45, 7) is 27.0. The van der Waals surface area contributed by atoms with Crippen molar-refractivity contribution in [2.75, 3.05) is 138 Å². The van der Waals surface area contributed by atoms with E-state index in [1.807, 2.05) is 69.7 Å². The molecule has 0 saturated carbocycles. The van der Waals surface area contributed by atoms with E-state index in [-0.39, 0.29) is 90.2 Å². The zero-order valence-corrected chi connectivity index (χ0v) is 71.1. The van der Waals surface area contributed by atoms with Crippen LogP contribution in [0.1, 0.15) is 186 Å². The summed E-state index contributed by atoms with van der Waals surface area (Å²) in [4.78, 5) is 166. The first-order chi connectivity index (χ1) is 51.2. The zero-order valence-electron chi connectivity index (χ0n) is 71.1. The fraction of sp³-hybridized carbons (Fsp3) is 0.831. The lowest BCUT2D eigenvalue weighted by atomic mass is 9.91. The number of ether oxygens (including phenoxy) is 9. The molecule has 0 bridgehead atoms. The molecular formula is C77H138N10O23. The van der Waals surface area contributed by atoms with Crippen molar-refractivity contribution in [1.29, 1.82) is 0 Å². The van der Waals surface area contributed by atoms with Crippen LogP contribution < -0.4 is 5.32 Å². The Balaban J connectivity index is 0.000000644. The first kappa shape index (κ1) is 101. The molecule has 7 rings (SSSR count). The molecule has 0 unspecified atom stereocenters. The minimum Gasteiger partial charge on any atom is -0.468 e. The first-order valence-corrected chi connectivity index (χ1v) is 38.3. The van der Waals surface area contributed by atoms with E-state index in [4.69, 9.17) is 28.4 Å². The number of carbonyl (C=O) groups excluding carboxylic acids is 13. The van der Waals surface area contributed by atoms with Crippen LogP contribution >= 0.6 is 0 Å². The summed E-state index contributed by atoms with van der Waals surface area (Å²) in [6, 6.07) is -1.73. The van der Waals surface area contributed by atoms with Crippen LogP contribution in [0.25, 0.3) is 0 Å². The van der Waals surface area contributed by atoms with Gasteiger partial charge in [-0.25, -0.2) is 38.4 Å². The molecule has 7 aliphatic rings. The Bertz CT molecular complexity index is 2890. The molecular weight excluding hydrogens is 1430 g/mol. The summed E-state index contributed by atoms with van der Waals surface area (Å²) in [7, 11) is 21.5. The third-order valence-electron chi connectivity index (χ3n) is 20.3. The third kappa shape index (κ3) is 34.2. The molecule has 0 aliphatic carbocycles. The van der Waals surface area contributed by atoms with E-state index in [9.17, 15) is 67.4 Å². The van der Waals surface area contributed by atoms with Crippen molar-refractivity contribution in [3.8, 4) is 0 Å². The van der Waals surface area contributed by atoms with Gasteiger partial charge in [-0.2, -0.15) is 0 Å². The van der Waals surface area contributed by atoms with Crippen LogP contribution in [0.4, 0.5) is 9.59 Å². The molecule has 0 aromatic carbocycles. The standard InChI is InChI=1S/C14H26N2O4.C13H23NO4.C11H20N2O3.C11H19NO3.C10H17NO3.C9H18N2O2.C9H15NO4/c1-14(2,3)20-13(18)16-9-10(15(4)5)7-8-11(16)12(17)19-6;1-9-6-7-10(11(15)17-5)14(8-9)12(16)18-13(2,3)4;1-8(14)13-7-9(12(2)3)5-6-10(13)11(15)16-4;1-4-9-5-6-10(11(14)15-3)12(7-9)8(2)13;1-7-4-5-9(10(13)14-3)11(6-7)8(2)12;1-11(2)7-4-5-8(10-6-7)9(12)13-3;1-6(11)10-5-7(12)3-4-8(10)9(13)14-2/h10-11H,7-9H2,1-6H3;9-10H,6-8H2,1-5H3;9-10H,5-7H2,1-4H3;9-10H,4-7H2,1-3H3;7,9H,4-6H2,1-3H3;7-8,10H,4-6H2,1-3H3;7-8,12H,3-5H2,1-2H3/t10-,11+;9-,10-;2*9-,10+;7-,9-;7-,8+;7-,8-/m1011010/s1. The average Bonchev–Trinajstić information content (AvgIpc) is 0.764. The molecule has 7 fully saturated rings. The number of nitrogens with one attached hydrogen (secondary N) is 1. The largest absolute Gasteiger partial charge is 0.468 e. The Kier molecular flexibility index (Phi) is 44.9. The second-order valence-corrected chi connectivity index (χ2v) is 31.7. The number of hydrogen-bond donors (Lipinski definition) is 2. The zero-order chi connectivity index (χ0) is 84.4. The molecule has 14 atom stereocenters. The highest BCUT2D eigenvalue weighted by Crippen LogP contribution is 2.29. The van der Waals surface area contributed by atoms with Crippen LogP contribution in [0.5, 0.6) is 0 Å². The van der Waals surface area contributed by atoms with Gasteiger partial charge in [-0.15, -0.1) is 0 Å². The monoisotopic (exact) mass is 1570 g/mol. The quantitative estimate of drug-likeness (QED) is 0.199. The number of rotatable bonds is 11. The molecule has 7 saturated heterocycles. The maximum absolute atomic E-state index is 12.3. The van der Waals surface area contributed by atoms with Crippen LogP contribution in [0.2, 0.25) is 0 Å². The molecule has 33 heteroatoms. The number of β-amino-alcohol motifs (C(OH)–C–C–N with tert-alkyl or cyclic N) is 1. The van der Waals surface area contributed by atoms with Crippen LogP contribution in [0.15, 0.2) is 0 Å². The number of amides is 6. The van der Waals surface area contributed by atoms with Gasteiger partial charge in [-0.1, -0.05) is 27.2 Å². The van der Waals surface area contributed by atoms with E-state index in [2.05, 4.69) is 69.1 Å². The van der Waals surface area contributed by atoms with Crippen molar-refractivity contribution in [3.63, 3.8) is 0 Å². The van der Waals surface area contributed by atoms with Gasteiger partial charge < -0.3 is 87.4 Å². The van der Waals surface area contributed by atoms with Crippen molar-refractivity contribution in [2.24, 2.45) is 17.8 Å². The molecule has 110 heavy (non-hydrogen) atoms. The van der Waals surface area contributed by atoms with Crippen LogP contribution in [0.3, 0.4) is 0 Å². The molecule has 0 spiro atoms. The maximum atomic E-state index is 12.3. The molecule has 33 nitrogen and oxygen atoms in total. The summed E-state index contributed by atoms with van der Waals surface area (Å²) in [5.41, 5.74) is -1.14. The summed E-state index contributed by atoms with van der Waals surface area (Å²) < 4.78 is 43.6. The number of hydrogen-bond acceptors (Lipinski definition) is 27. The summed E-state index contributed by atoms with van der Waals surface area (Å²) in [5.74, 6) is -1.20. The smallest absolute Gasteiger partial charge is 0.411 e. The Hall–Kier alpha value is -7.49. The number of likely N-dealkylation sites (N-methyl/N-ethyl adjacent to an activating group) is 3. The van der Waals surface area contributed by atoms with E-state index in [0.29, 0.717) is 101 Å². The van der Waals surface area contributed by atoms with Crippen molar-refractivity contribution in [2.45, 2.75) is 264 Å². The third-order valence-corrected chi connectivity index (χ3v) is 20.3. The van der Waals surface area contributed by atoms with Gasteiger partial charge in [-0.05, 0) is 191 Å². The summed E-state index contributed by atoms with van der Waals surface area (Å²) in [6.07, 6.45) is 10.5. The van der Waals surface area contributed by atoms with E-state index in [0.717, 1.165) is 64.3 Å². The lowest BCUT2D eigenvalue weighted by molar-refractivity contribution is -0.156. The van der Waals surface area contributed by atoms with Gasteiger partial charge in [0, 0.05) is 91.6 Å². The molecule has 0 aromatic heterocycles. The Morgan fingerprint density at radius 1 is 0.355 bits per heavy atom. The fourth-order valence-corrected chi connectivity index (χ4v) is 13.7. The molecule has 7 aliphatic heterocycles. The predicted molar refractivity (Wildman–Crippen MR) is 409 cm³/mol. The van der Waals surface area contributed by atoms with Crippen LogP contribution in [0, 0.1) is 17.8 Å². The summed E-state index contributed by atoms with van der Waals surface area (Å²) in [5, 5.41) is 12.5. The first-order valence-electron chi connectivity index (χ1n) is 38.3. The van der Waals surface area contributed by atoms with Crippen molar-refractivity contribution >= 4 is 77.6 Å². The molecule has 7 heterocycles. The lowest BCUT2D eigenvalue weighted by Gasteiger charge is -2.40. The lowest BCUT2D eigenvalue weighted by Crippen LogP contribution is -2.56. The number of piperidine rings is 7. The number of aliphatic hydroxyl groups is 1. The fourth-order valence-electron chi connectivity index (χ4n) is 13.7. The van der Waals surface area contributed by atoms with Gasteiger partial charge >= 0.3 is 54.0 Å². The number of methoxy groups -OCH3 is 7. The van der Waals surface area contributed by atoms with Crippen LogP contribution in [-0.4, -0.2) is 342 Å². The predicted octanol–water partition coefficient (Wildman–Crippen LogP) is 5.16. The van der Waals surface area contributed by atoms with E-state index < -0.39 is 59.6 Å². The van der Waals surface area contributed by atoms with Gasteiger partial charge in [0.2, 0.25) is 23.6 Å². The molecule has 0 aromatic rings. The summed E-state index contributed by atoms with van der Waals surface area (Å²) >= 11 is 0. The van der Waals surface area contributed by atoms with E-state index >= 15 is 0 Å². The highest BCUT2D eigenvalue weighted by molar-refractivity contribution is 5.86. The number of aliphatic hydroxyl groups excluding tert-OH is 1. The van der Waals surface area contributed by atoms with E-state index in [1.54, 1.807) is 14.7 Å². The van der Waals surface area contributed by atoms with Crippen LogP contribution in [-0.2, 0) is 95.4 Å². The number of carbonyl (C=O) groups is 13. The maximum Gasteiger partial charge on any atom is 0.411 e. The highest BCUT2D eigenvalue weighted by Gasteiger charge is 2.43. The number of esters is 7. The molecule has 0 radical (unpaired) electrons. The Morgan fingerprint density at radius 2 is 0.627 bits per heavy atom. The average molecular weight is 1570 g/mol. The van der Waals surface area contributed by atoms with Gasteiger partial charge in [0.1, 0.15) is 53.5 Å². The normalized spacial score (nSPS) is 26.0. The molecule has 2 N–H and O–H groups in total. The SMILES string of the molecule is CC[C@@H]1CC[C@@H](C(=O)OC)N(C(C)=O)C1.COC(=O)[C@@H]1CC[C@@H](N(C)C)CN1.COC(=O)[C@@H]1CC[C@@H](N(C)C)CN1C(=O)OC(C)(C)C.COC(=O)[C@@H]1CC[C@@H](N(C)C)CN1C(C)=O.COC(=O)[C@@H]1CC[C@H](C)CN1C(=O)OC(C)(C)C.COC(=O)[C@@H]1CC[C@H](C)CN1C(C)=O.COC(=O)[C@@H]1CC[C@H](O)CN1C(C)=O. The number of likely N-dealkylation sites (tertiary alicyclic amines) is 6. The van der Waals surface area contributed by atoms with Gasteiger partial charge in [0.15, 0.2) is 0 Å². The van der Waals surface area contributed by atoms with Gasteiger partial charge in [0.25, 0.3) is 0 Å². The Morgan fingerprint density at radius 3 is 0.936 bits per heavy atom. The van der Waals surface area contributed by atoms with E-state index in [1.165, 1.54) is 92.2 Å². The van der Waals surface area contributed by atoms with Crippen molar-refractivity contribution < 1.29 is 110 Å².